The number of likely N-dealkylation sites (tertiary alicyclic amines) is 1. The Labute approximate surface area is 177 Å². The second-order valence-corrected chi connectivity index (χ2v) is 8.08. The predicted octanol–water partition coefficient (Wildman–Crippen LogP) is 4.70. The average molecular weight is 406 g/mol. The first kappa shape index (κ1) is 20.4. The largest absolute Gasteiger partial charge is 0.356 e. The minimum Gasteiger partial charge on any atom is -0.356 e. The van der Waals surface area contributed by atoms with Crippen molar-refractivity contribution >= 4 is 12.9 Å². The van der Waals surface area contributed by atoms with E-state index in [1.807, 2.05) is 25.3 Å². The lowest BCUT2D eigenvalue weighted by Crippen LogP contribution is -2.29. The topological polar surface area (TPSA) is 53.7 Å². The Kier molecular flexibility index (Phi) is 6.31. The van der Waals surface area contributed by atoms with Gasteiger partial charge in [0.2, 0.25) is 0 Å². The highest BCUT2D eigenvalue weighted by Gasteiger charge is 2.42. The summed E-state index contributed by atoms with van der Waals surface area (Å²) in [5.41, 5.74) is 2.99. The first-order valence-electron chi connectivity index (χ1n) is 10.6. The molecule has 30 heavy (non-hydrogen) atoms. The number of benzene rings is 1. The van der Waals surface area contributed by atoms with Crippen molar-refractivity contribution in [3.63, 3.8) is 0 Å². The molecular formula is C24H28FN5. The summed E-state index contributed by atoms with van der Waals surface area (Å²) in [6, 6.07) is 7.24. The number of aromatic nitrogens is 2. The van der Waals surface area contributed by atoms with Gasteiger partial charge in [-0.15, -0.1) is 0 Å². The Hall–Kier alpha value is -2.89. The van der Waals surface area contributed by atoms with E-state index in [1.54, 1.807) is 24.5 Å². The molecule has 2 aromatic rings. The molecule has 2 fully saturated rings. The van der Waals surface area contributed by atoms with Gasteiger partial charge in [-0.3, -0.25) is 4.99 Å². The number of rotatable bonds is 7. The van der Waals surface area contributed by atoms with Gasteiger partial charge in [0.05, 0.1) is 6.54 Å². The number of halogens is 1. The Morgan fingerprint density at radius 3 is 2.70 bits per heavy atom. The number of aliphatic imine (C=N–C) groups is 2. The average Bonchev–Trinajstić information content (AvgIpc) is 3.57. The van der Waals surface area contributed by atoms with Crippen LogP contribution < -0.4 is 0 Å². The molecule has 6 heteroatoms. The third kappa shape index (κ3) is 4.64. The summed E-state index contributed by atoms with van der Waals surface area (Å²) in [6.45, 7) is 8.12. The molecule has 1 aliphatic carbocycles. The molecule has 2 atom stereocenters. The first-order valence-corrected chi connectivity index (χ1v) is 10.6. The van der Waals surface area contributed by atoms with Crippen LogP contribution in [0.25, 0.3) is 0 Å². The minimum atomic E-state index is -0.155. The van der Waals surface area contributed by atoms with Crippen LogP contribution in [0.2, 0.25) is 0 Å². The third-order valence-electron chi connectivity index (χ3n) is 5.95. The van der Waals surface area contributed by atoms with Crippen molar-refractivity contribution in [2.45, 2.75) is 45.1 Å². The maximum Gasteiger partial charge on any atom is 0.149 e. The quantitative estimate of drug-likeness (QED) is 0.628. The lowest BCUT2D eigenvalue weighted by molar-refractivity contribution is 0.281. The van der Waals surface area contributed by atoms with Crippen LogP contribution in [0.15, 0.2) is 58.0 Å². The van der Waals surface area contributed by atoms with E-state index in [1.165, 1.54) is 24.8 Å². The Morgan fingerprint density at radius 1 is 1.23 bits per heavy atom. The van der Waals surface area contributed by atoms with Crippen LogP contribution in [0.4, 0.5) is 4.39 Å². The molecule has 2 heterocycles. The Morgan fingerprint density at radius 2 is 2.00 bits per heavy atom. The van der Waals surface area contributed by atoms with Gasteiger partial charge in [-0.2, -0.15) is 0 Å². The van der Waals surface area contributed by atoms with Crippen molar-refractivity contribution < 1.29 is 4.39 Å². The highest BCUT2D eigenvalue weighted by Crippen LogP contribution is 2.52. The molecular weight excluding hydrogens is 377 g/mol. The fourth-order valence-corrected chi connectivity index (χ4v) is 4.24. The summed E-state index contributed by atoms with van der Waals surface area (Å²) in [7, 11) is 0. The second kappa shape index (κ2) is 9.28. The van der Waals surface area contributed by atoms with Crippen molar-refractivity contribution in [2.24, 2.45) is 15.9 Å². The molecule has 1 saturated carbocycles. The van der Waals surface area contributed by atoms with Crippen LogP contribution in [-0.4, -0.2) is 40.9 Å². The van der Waals surface area contributed by atoms with Crippen LogP contribution in [-0.2, 0) is 6.54 Å². The van der Waals surface area contributed by atoms with E-state index in [-0.39, 0.29) is 5.82 Å². The summed E-state index contributed by atoms with van der Waals surface area (Å²) >= 11 is 0. The van der Waals surface area contributed by atoms with Gasteiger partial charge >= 0.3 is 0 Å². The molecule has 156 valence electrons. The summed E-state index contributed by atoms with van der Waals surface area (Å²) in [4.78, 5) is 19.9. The van der Waals surface area contributed by atoms with Gasteiger partial charge in [0.1, 0.15) is 17.5 Å². The summed E-state index contributed by atoms with van der Waals surface area (Å²) in [6.07, 6.45) is 10.0. The third-order valence-corrected chi connectivity index (χ3v) is 5.95. The maximum atomic E-state index is 13.7. The smallest absolute Gasteiger partial charge is 0.149 e. The minimum absolute atomic E-state index is 0.155. The molecule has 2 unspecified atom stereocenters. The van der Waals surface area contributed by atoms with E-state index >= 15 is 0 Å². The highest BCUT2D eigenvalue weighted by atomic mass is 19.1. The van der Waals surface area contributed by atoms with Gasteiger partial charge in [0, 0.05) is 37.3 Å². The molecule has 4 rings (SSSR count). The lowest BCUT2D eigenvalue weighted by atomic mass is 10.0. The number of nitrogens with zero attached hydrogens (tertiary/aromatic N) is 5. The van der Waals surface area contributed by atoms with Crippen LogP contribution in [0.1, 0.15) is 48.6 Å². The first-order chi connectivity index (χ1) is 14.7. The SMILES string of the molecule is C=N/C(=C(\C=N/Cc1ncccn1)C1CC1c1ccc(F)c(C)c1)N1CCCCC1. The van der Waals surface area contributed by atoms with Crippen molar-refractivity contribution in [2.75, 3.05) is 13.1 Å². The molecule has 1 aromatic carbocycles. The summed E-state index contributed by atoms with van der Waals surface area (Å²) in [5, 5.41) is 0. The molecule has 1 aliphatic heterocycles. The van der Waals surface area contributed by atoms with E-state index < -0.39 is 0 Å². The molecule has 0 bridgehead atoms. The molecule has 1 saturated heterocycles. The number of piperidine rings is 1. The Bertz CT molecular complexity index is 947. The number of allylic oxidation sites excluding steroid dienone is 1. The molecule has 1 aromatic heterocycles. The van der Waals surface area contributed by atoms with Gasteiger partial charge in [-0.1, -0.05) is 12.1 Å². The van der Waals surface area contributed by atoms with E-state index in [2.05, 4.69) is 31.6 Å². The highest BCUT2D eigenvalue weighted by molar-refractivity contribution is 5.82. The van der Waals surface area contributed by atoms with Crippen LogP contribution >= 0.6 is 0 Å². The van der Waals surface area contributed by atoms with Gasteiger partial charge in [-0.25, -0.2) is 19.4 Å². The van der Waals surface area contributed by atoms with Gasteiger partial charge < -0.3 is 4.90 Å². The summed E-state index contributed by atoms with van der Waals surface area (Å²) < 4.78 is 13.7. The molecule has 0 spiro atoms. The number of aryl methyl sites for hydroxylation is 1. The van der Waals surface area contributed by atoms with Crippen molar-refractivity contribution in [1.29, 1.82) is 0 Å². The Balaban J connectivity index is 1.60. The van der Waals surface area contributed by atoms with Crippen molar-refractivity contribution in [1.82, 2.24) is 14.9 Å². The molecule has 0 radical (unpaired) electrons. The number of hydrogen-bond donors (Lipinski definition) is 0. The monoisotopic (exact) mass is 405 g/mol. The zero-order valence-electron chi connectivity index (χ0n) is 17.5. The van der Waals surface area contributed by atoms with Crippen LogP contribution in [0, 0.1) is 18.7 Å². The van der Waals surface area contributed by atoms with Crippen molar-refractivity contribution in [3.05, 3.63) is 70.8 Å². The second-order valence-electron chi connectivity index (χ2n) is 8.08. The summed E-state index contributed by atoms with van der Waals surface area (Å²) in [5.74, 6) is 2.16. The van der Waals surface area contributed by atoms with E-state index in [9.17, 15) is 4.39 Å². The molecule has 5 nitrogen and oxygen atoms in total. The zero-order valence-corrected chi connectivity index (χ0v) is 17.5. The lowest BCUT2D eigenvalue weighted by Gasteiger charge is -2.30. The maximum absolute atomic E-state index is 13.7. The fraction of sp³-hybridized carbons (Fsp3) is 0.417. The van der Waals surface area contributed by atoms with E-state index in [4.69, 9.17) is 0 Å². The van der Waals surface area contributed by atoms with Crippen molar-refractivity contribution in [3.8, 4) is 0 Å². The number of hydrogen-bond acceptors (Lipinski definition) is 5. The van der Waals surface area contributed by atoms with E-state index in [0.29, 0.717) is 29.8 Å². The van der Waals surface area contributed by atoms with Crippen LogP contribution in [0.5, 0.6) is 0 Å². The molecule has 2 aliphatic rings. The molecule has 0 amide bonds. The van der Waals surface area contributed by atoms with Gasteiger partial charge in [0.15, 0.2) is 0 Å². The fourth-order valence-electron chi connectivity index (χ4n) is 4.24. The zero-order chi connectivity index (χ0) is 20.9. The van der Waals surface area contributed by atoms with Gasteiger partial charge in [0.25, 0.3) is 0 Å². The predicted molar refractivity (Wildman–Crippen MR) is 118 cm³/mol. The van der Waals surface area contributed by atoms with Gasteiger partial charge in [-0.05, 0) is 74.4 Å². The normalized spacial score (nSPS) is 22.1. The van der Waals surface area contributed by atoms with Crippen LogP contribution in [0.3, 0.4) is 0 Å². The van der Waals surface area contributed by atoms with E-state index in [0.717, 1.165) is 30.9 Å². The standard InChI is InChI=1S/C24H28FN5/c1-17-13-18(7-8-22(17)25)19-14-20(19)21(15-27-16-23-28-9-6-10-29-23)24(26-2)30-11-4-3-5-12-30/h6-10,13,15,19-20H,2-5,11-12,14,16H2,1H3/b24-21-,27-15-. The molecule has 0 N–H and O–H groups in total.